The predicted molar refractivity (Wildman–Crippen MR) is 56.7 cm³/mol. The van der Waals surface area contributed by atoms with Crippen molar-refractivity contribution in [1.82, 2.24) is 9.81 Å². The number of hydrogen-bond acceptors (Lipinski definition) is 5. The van der Waals surface area contributed by atoms with Crippen LogP contribution >= 0.6 is 11.5 Å². The molecule has 90 valence electrons. The predicted octanol–water partition coefficient (Wildman–Crippen LogP) is -0.932. The number of carbonyl (C=O) groups excluding carboxylic acids is 1. The van der Waals surface area contributed by atoms with Gasteiger partial charge in [-0.05, 0) is 6.92 Å². The SMILES string of the molecule is CCNC(=O)c1c[n+](CCS(=O)(=O)O)ns1. The van der Waals surface area contributed by atoms with Crippen molar-refractivity contribution in [1.29, 1.82) is 0 Å². The van der Waals surface area contributed by atoms with Gasteiger partial charge in [0.1, 0.15) is 5.75 Å². The first-order valence-corrected chi connectivity index (χ1v) is 6.90. The average Bonchev–Trinajstić information content (AvgIpc) is 2.62. The fraction of sp³-hybridized carbons (Fsp3) is 0.571. The molecule has 1 amide bonds. The first-order chi connectivity index (χ1) is 7.42. The number of nitrogens with one attached hydrogen (secondary N) is 1. The lowest BCUT2D eigenvalue weighted by Crippen LogP contribution is -2.38. The third-order valence-corrected chi connectivity index (χ3v) is 3.13. The fourth-order valence-corrected chi connectivity index (χ4v) is 2.00. The number of hydrogen-bond donors (Lipinski definition) is 2. The van der Waals surface area contributed by atoms with Crippen molar-refractivity contribution >= 4 is 27.6 Å². The maximum atomic E-state index is 11.3. The zero-order valence-corrected chi connectivity index (χ0v) is 10.2. The van der Waals surface area contributed by atoms with Crippen LogP contribution in [0.25, 0.3) is 0 Å². The topological polar surface area (TPSA) is 100 Å². The number of amides is 1. The monoisotopic (exact) mass is 266 g/mol. The molecular weight excluding hydrogens is 254 g/mol. The van der Waals surface area contributed by atoms with Crippen LogP contribution in [0.1, 0.15) is 16.6 Å². The molecule has 0 bridgehead atoms. The van der Waals surface area contributed by atoms with Crippen LogP contribution < -0.4 is 10.00 Å². The van der Waals surface area contributed by atoms with E-state index in [-0.39, 0.29) is 12.5 Å². The third kappa shape index (κ3) is 4.21. The molecule has 9 heteroatoms. The van der Waals surface area contributed by atoms with Crippen LogP contribution in [0.15, 0.2) is 6.20 Å². The molecule has 1 rings (SSSR count). The van der Waals surface area contributed by atoms with E-state index in [1.54, 1.807) is 6.92 Å². The van der Waals surface area contributed by atoms with Crippen LogP contribution in [0.2, 0.25) is 0 Å². The molecular formula is C7H12N3O4S2+. The summed E-state index contributed by atoms with van der Waals surface area (Å²) in [4.78, 5) is 11.7. The molecule has 0 atom stereocenters. The molecule has 1 aromatic rings. The lowest BCUT2D eigenvalue weighted by Gasteiger charge is -1.93. The highest BCUT2D eigenvalue weighted by atomic mass is 32.2. The van der Waals surface area contributed by atoms with Crippen LogP contribution in [0, 0.1) is 0 Å². The summed E-state index contributed by atoms with van der Waals surface area (Å²) in [6.07, 6.45) is 1.45. The van der Waals surface area contributed by atoms with Crippen LogP contribution in [0.4, 0.5) is 0 Å². The highest BCUT2D eigenvalue weighted by Crippen LogP contribution is 2.00. The summed E-state index contributed by atoms with van der Waals surface area (Å²) >= 11 is 0.973. The van der Waals surface area contributed by atoms with Gasteiger partial charge in [0.05, 0.1) is 4.49 Å². The molecule has 0 aromatic carbocycles. The lowest BCUT2D eigenvalue weighted by atomic mass is 10.5. The largest absolute Gasteiger partial charge is 0.351 e. The molecule has 0 aliphatic carbocycles. The van der Waals surface area contributed by atoms with Crippen molar-refractivity contribution < 1.29 is 22.4 Å². The highest BCUT2D eigenvalue weighted by Gasteiger charge is 2.17. The quantitative estimate of drug-likeness (QED) is 0.529. The van der Waals surface area contributed by atoms with E-state index in [0.717, 1.165) is 11.5 Å². The van der Waals surface area contributed by atoms with E-state index in [1.807, 2.05) is 0 Å². The minimum absolute atomic E-state index is 0.0226. The molecule has 16 heavy (non-hydrogen) atoms. The minimum atomic E-state index is -4.00. The molecule has 0 spiro atoms. The summed E-state index contributed by atoms with van der Waals surface area (Å²) in [5.74, 6) is -0.665. The van der Waals surface area contributed by atoms with Crippen LogP contribution in [-0.4, -0.2) is 35.7 Å². The fourth-order valence-electron chi connectivity index (χ4n) is 0.941. The Morgan fingerprint density at radius 2 is 2.38 bits per heavy atom. The average molecular weight is 266 g/mol. The van der Waals surface area contributed by atoms with Gasteiger partial charge in [0.25, 0.3) is 16.0 Å². The van der Waals surface area contributed by atoms with Gasteiger partial charge < -0.3 is 5.32 Å². The summed E-state index contributed by atoms with van der Waals surface area (Å²) in [5.41, 5.74) is 0. The van der Waals surface area contributed by atoms with E-state index in [0.29, 0.717) is 11.4 Å². The van der Waals surface area contributed by atoms with Crippen molar-refractivity contribution in [2.75, 3.05) is 12.3 Å². The summed E-state index contributed by atoms with van der Waals surface area (Å²) in [6.45, 7) is 2.34. The van der Waals surface area contributed by atoms with Gasteiger partial charge >= 0.3 is 0 Å². The van der Waals surface area contributed by atoms with E-state index >= 15 is 0 Å². The van der Waals surface area contributed by atoms with Gasteiger partial charge in [-0.3, -0.25) is 9.35 Å². The van der Waals surface area contributed by atoms with Crippen molar-refractivity contribution in [2.45, 2.75) is 13.5 Å². The smallest absolute Gasteiger partial charge is 0.271 e. The molecule has 0 radical (unpaired) electrons. The Balaban J connectivity index is 2.61. The highest BCUT2D eigenvalue weighted by molar-refractivity contribution is 7.85. The van der Waals surface area contributed by atoms with Gasteiger partial charge in [-0.1, -0.05) is 4.68 Å². The van der Waals surface area contributed by atoms with Gasteiger partial charge in [0.2, 0.25) is 6.20 Å². The van der Waals surface area contributed by atoms with E-state index in [2.05, 4.69) is 9.81 Å². The molecule has 7 nitrogen and oxygen atoms in total. The van der Waals surface area contributed by atoms with E-state index in [1.165, 1.54) is 10.9 Å². The summed E-state index contributed by atoms with van der Waals surface area (Å²) in [7, 11) is -4.00. The van der Waals surface area contributed by atoms with Crippen molar-refractivity contribution in [2.24, 2.45) is 0 Å². The summed E-state index contributed by atoms with van der Waals surface area (Å²) in [5, 5.41) is 2.60. The van der Waals surface area contributed by atoms with Crippen LogP contribution in [0.3, 0.4) is 0 Å². The zero-order valence-electron chi connectivity index (χ0n) is 8.58. The zero-order chi connectivity index (χ0) is 12.2. The summed E-state index contributed by atoms with van der Waals surface area (Å²) in [6, 6.07) is 0. The molecule has 0 saturated heterocycles. The Hall–Kier alpha value is -1.06. The van der Waals surface area contributed by atoms with Gasteiger partial charge in [-0.2, -0.15) is 8.42 Å². The molecule has 0 fully saturated rings. The van der Waals surface area contributed by atoms with Crippen LogP contribution in [0.5, 0.6) is 0 Å². The Bertz CT molecular complexity index is 468. The van der Waals surface area contributed by atoms with Gasteiger partial charge in [-0.15, -0.1) is 0 Å². The second kappa shape index (κ2) is 5.32. The number of nitrogens with zero attached hydrogens (tertiary/aromatic N) is 2. The Morgan fingerprint density at radius 3 is 2.94 bits per heavy atom. The van der Waals surface area contributed by atoms with Gasteiger partial charge in [0, 0.05) is 18.1 Å². The first kappa shape index (κ1) is 13.0. The third-order valence-electron chi connectivity index (χ3n) is 1.65. The Labute approximate surface area is 97.0 Å². The number of aryl methyl sites for hydroxylation is 1. The number of aromatic nitrogens is 2. The maximum Gasteiger partial charge on any atom is 0.271 e. The molecule has 0 aliphatic rings. The first-order valence-electron chi connectivity index (χ1n) is 4.52. The van der Waals surface area contributed by atoms with Gasteiger partial charge in [0.15, 0.2) is 11.4 Å². The molecule has 2 N–H and O–H groups in total. The lowest BCUT2D eigenvalue weighted by molar-refractivity contribution is -0.742. The number of carbonyl (C=O) groups is 1. The number of rotatable bonds is 5. The maximum absolute atomic E-state index is 11.3. The summed E-state index contributed by atoms with van der Waals surface area (Å²) < 4.78 is 34.7. The molecule has 1 heterocycles. The standard InChI is InChI=1S/C7H11N3O4S2/c1-2-8-7(11)6-5-10(9-15-6)3-4-16(12,13)14/h5H,2-4H2,1H3,(H-,8,11,12,13,14)/p+1. The molecule has 0 aliphatic heterocycles. The van der Waals surface area contributed by atoms with Gasteiger partial charge in [-0.25, -0.2) is 0 Å². The Kier molecular flexibility index (Phi) is 4.33. The second-order valence-corrected chi connectivity index (χ2v) is 5.33. The molecule has 0 saturated carbocycles. The van der Waals surface area contributed by atoms with E-state index in [4.69, 9.17) is 4.55 Å². The van der Waals surface area contributed by atoms with Crippen LogP contribution in [-0.2, 0) is 16.7 Å². The Morgan fingerprint density at radius 1 is 1.69 bits per heavy atom. The minimum Gasteiger partial charge on any atom is -0.351 e. The van der Waals surface area contributed by atoms with E-state index < -0.39 is 15.9 Å². The van der Waals surface area contributed by atoms with Crippen molar-refractivity contribution in [3.63, 3.8) is 0 Å². The second-order valence-electron chi connectivity index (χ2n) is 2.97. The van der Waals surface area contributed by atoms with Crippen molar-refractivity contribution in [3.05, 3.63) is 11.1 Å². The molecule has 1 aromatic heterocycles. The normalized spacial score (nSPS) is 11.4. The van der Waals surface area contributed by atoms with E-state index in [9.17, 15) is 13.2 Å². The molecule has 0 unspecified atom stereocenters. The van der Waals surface area contributed by atoms with Crippen molar-refractivity contribution in [3.8, 4) is 0 Å².